The van der Waals surface area contributed by atoms with E-state index in [1.165, 1.54) is 19.3 Å². The van der Waals surface area contributed by atoms with Gasteiger partial charge < -0.3 is 0 Å². The monoisotopic (exact) mass is 274 g/mol. The van der Waals surface area contributed by atoms with E-state index in [1.54, 1.807) is 6.07 Å². The standard InChI is InChI=1S/C13H20Cl2N2/c1-2-3-4-5-6-13(17-16)11-9-10(14)7-8-12(11)15/h7-9,13,17H,2-6,16H2,1H3. The Balaban J connectivity index is 2.62. The molecule has 0 spiro atoms. The predicted octanol–water partition coefficient (Wildman–Crippen LogP) is 4.47. The van der Waals surface area contributed by atoms with Crippen molar-refractivity contribution in [3.8, 4) is 0 Å². The smallest absolute Gasteiger partial charge is 0.0475 e. The number of hydrogen-bond donors (Lipinski definition) is 2. The van der Waals surface area contributed by atoms with E-state index in [1.807, 2.05) is 12.1 Å². The highest BCUT2D eigenvalue weighted by Crippen LogP contribution is 2.29. The number of rotatable bonds is 7. The zero-order chi connectivity index (χ0) is 12.7. The molecule has 1 unspecified atom stereocenters. The summed E-state index contributed by atoms with van der Waals surface area (Å²) in [5.41, 5.74) is 3.80. The van der Waals surface area contributed by atoms with Gasteiger partial charge in [-0.2, -0.15) is 0 Å². The second kappa shape index (κ2) is 7.93. The van der Waals surface area contributed by atoms with Gasteiger partial charge in [0, 0.05) is 16.1 Å². The third-order valence-corrected chi connectivity index (χ3v) is 3.46. The highest BCUT2D eigenvalue weighted by molar-refractivity contribution is 6.33. The largest absolute Gasteiger partial charge is 0.271 e. The summed E-state index contributed by atoms with van der Waals surface area (Å²) in [4.78, 5) is 0. The minimum Gasteiger partial charge on any atom is -0.271 e. The Bertz CT molecular complexity index is 342. The van der Waals surface area contributed by atoms with Crippen molar-refractivity contribution in [1.82, 2.24) is 5.43 Å². The van der Waals surface area contributed by atoms with Gasteiger partial charge in [-0.05, 0) is 30.2 Å². The molecule has 2 nitrogen and oxygen atoms in total. The second-order valence-electron chi connectivity index (χ2n) is 4.23. The topological polar surface area (TPSA) is 38.0 Å². The molecule has 0 aliphatic carbocycles. The lowest BCUT2D eigenvalue weighted by Gasteiger charge is -2.17. The Hall–Kier alpha value is -0.280. The summed E-state index contributed by atoms with van der Waals surface area (Å²) >= 11 is 12.1. The van der Waals surface area contributed by atoms with E-state index in [2.05, 4.69) is 12.3 Å². The Morgan fingerprint density at radius 3 is 2.65 bits per heavy atom. The fourth-order valence-electron chi connectivity index (χ4n) is 1.89. The van der Waals surface area contributed by atoms with Crippen LogP contribution >= 0.6 is 23.2 Å². The SMILES string of the molecule is CCCCCCC(NN)c1cc(Cl)ccc1Cl. The van der Waals surface area contributed by atoms with Crippen molar-refractivity contribution in [2.45, 2.75) is 45.1 Å². The van der Waals surface area contributed by atoms with E-state index in [4.69, 9.17) is 29.0 Å². The molecule has 17 heavy (non-hydrogen) atoms. The van der Waals surface area contributed by atoms with Crippen molar-refractivity contribution in [1.29, 1.82) is 0 Å². The van der Waals surface area contributed by atoms with E-state index in [-0.39, 0.29) is 6.04 Å². The van der Waals surface area contributed by atoms with Crippen LogP contribution in [0.5, 0.6) is 0 Å². The molecule has 0 aliphatic rings. The molecule has 0 heterocycles. The van der Waals surface area contributed by atoms with Crippen molar-refractivity contribution in [2.75, 3.05) is 0 Å². The average Bonchev–Trinajstić information content (AvgIpc) is 2.33. The van der Waals surface area contributed by atoms with E-state index in [0.29, 0.717) is 10.0 Å². The molecule has 0 fully saturated rings. The summed E-state index contributed by atoms with van der Waals surface area (Å²) in [6, 6.07) is 5.57. The molecular formula is C13H20Cl2N2. The minimum absolute atomic E-state index is 0.0815. The molecule has 0 saturated carbocycles. The Labute approximate surface area is 113 Å². The molecule has 0 aromatic heterocycles. The van der Waals surface area contributed by atoms with E-state index in [0.717, 1.165) is 18.4 Å². The van der Waals surface area contributed by atoms with Crippen molar-refractivity contribution >= 4 is 23.2 Å². The first-order valence-electron chi connectivity index (χ1n) is 6.10. The van der Waals surface area contributed by atoms with Crippen LogP contribution in [0.1, 0.15) is 50.6 Å². The van der Waals surface area contributed by atoms with Gasteiger partial charge in [-0.25, -0.2) is 0 Å². The van der Waals surface area contributed by atoms with Gasteiger partial charge in [0.05, 0.1) is 0 Å². The molecule has 1 aromatic rings. The summed E-state index contributed by atoms with van der Waals surface area (Å²) in [6.07, 6.45) is 5.86. The van der Waals surface area contributed by atoms with Crippen molar-refractivity contribution in [3.63, 3.8) is 0 Å². The molecule has 0 amide bonds. The summed E-state index contributed by atoms with van der Waals surface area (Å²) in [6.45, 7) is 2.20. The van der Waals surface area contributed by atoms with Crippen LogP contribution in [-0.4, -0.2) is 0 Å². The molecule has 0 saturated heterocycles. The lowest BCUT2D eigenvalue weighted by atomic mass is 10.0. The van der Waals surface area contributed by atoms with Gasteiger partial charge in [-0.15, -0.1) is 0 Å². The molecule has 1 aromatic carbocycles. The van der Waals surface area contributed by atoms with Crippen LogP contribution in [0.15, 0.2) is 18.2 Å². The van der Waals surface area contributed by atoms with Crippen LogP contribution in [0.2, 0.25) is 10.0 Å². The molecule has 0 aliphatic heterocycles. The first kappa shape index (κ1) is 14.8. The number of halogens is 2. The number of nitrogens with one attached hydrogen (secondary N) is 1. The molecule has 3 N–H and O–H groups in total. The van der Waals surface area contributed by atoms with Gasteiger partial charge in [0.15, 0.2) is 0 Å². The number of unbranched alkanes of at least 4 members (excludes halogenated alkanes) is 3. The maximum Gasteiger partial charge on any atom is 0.0475 e. The quantitative estimate of drug-likeness (QED) is 0.438. The molecule has 1 rings (SSSR count). The first-order chi connectivity index (χ1) is 8.19. The van der Waals surface area contributed by atoms with Gasteiger partial charge in [0.25, 0.3) is 0 Å². The van der Waals surface area contributed by atoms with Crippen LogP contribution in [0.25, 0.3) is 0 Å². The molecule has 4 heteroatoms. The van der Waals surface area contributed by atoms with Crippen LogP contribution in [0, 0.1) is 0 Å². The van der Waals surface area contributed by atoms with Gasteiger partial charge in [-0.1, -0.05) is 55.8 Å². The van der Waals surface area contributed by atoms with Gasteiger partial charge in [0.2, 0.25) is 0 Å². The zero-order valence-electron chi connectivity index (χ0n) is 10.2. The fourth-order valence-corrected chi connectivity index (χ4v) is 2.32. The first-order valence-corrected chi connectivity index (χ1v) is 6.85. The molecule has 1 atom stereocenters. The lowest BCUT2D eigenvalue weighted by molar-refractivity contribution is 0.482. The Morgan fingerprint density at radius 1 is 1.24 bits per heavy atom. The second-order valence-corrected chi connectivity index (χ2v) is 5.08. The van der Waals surface area contributed by atoms with Gasteiger partial charge in [-0.3, -0.25) is 11.3 Å². The van der Waals surface area contributed by atoms with E-state index in [9.17, 15) is 0 Å². The van der Waals surface area contributed by atoms with Crippen molar-refractivity contribution < 1.29 is 0 Å². The minimum atomic E-state index is 0.0815. The van der Waals surface area contributed by atoms with Crippen LogP contribution < -0.4 is 11.3 Å². The van der Waals surface area contributed by atoms with Gasteiger partial charge >= 0.3 is 0 Å². The van der Waals surface area contributed by atoms with Crippen molar-refractivity contribution in [2.24, 2.45) is 5.84 Å². The highest BCUT2D eigenvalue weighted by Gasteiger charge is 2.13. The van der Waals surface area contributed by atoms with Gasteiger partial charge in [0.1, 0.15) is 0 Å². The number of benzene rings is 1. The number of hydrazine groups is 1. The third kappa shape index (κ3) is 4.84. The highest BCUT2D eigenvalue weighted by atomic mass is 35.5. The summed E-state index contributed by atoms with van der Waals surface area (Å²) in [5, 5.41) is 1.41. The number of hydrogen-bond acceptors (Lipinski definition) is 2. The summed E-state index contributed by atoms with van der Waals surface area (Å²) < 4.78 is 0. The molecule has 0 bridgehead atoms. The average molecular weight is 275 g/mol. The Kier molecular flexibility index (Phi) is 6.90. The molecule has 96 valence electrons. The van der Waals surface area contributed by atoms with Crippen molar-refractivity contribution in [3.05, 3.63) is 33.8 Å². The molecular weight excluding hydrogens is 255 g/mol. The van der Waals surface area contributed by atoms with E-state index >= 15 is 0 Å². The lowest BCUT2D eigenvalue weighted by Crippen LogP contribution is -2.28. The Morgan fingerprint density at radius 2 is 2.00 bits per heavy atom. The fraction of sp³-hybridized carbons (Fsp3) is 0.538. The molecule has 0 radical (unpaired) electrons. The maximum absolute atomic E-state index is 6.16. The van der Waals surface area contributed by atoms with Crippen LogP contribution in [0.3, 0.4) is 0 Å². The number of nitrogens with two attached hydrogens (primary N) is 1. The van der Waals surface area contributed by atoms with Crippen LogP contribution in [-0.2, 0) is 0 Å². The summed E-state index contributed by atoms with van der Waals surface area (Å²) in [5.74, 6) is 5.59. The predicted molar refractivity (Wildman–Crippen MR) is 75.3 cm³/mol. The summed E-state index contributed by atoms with van der Waals surface area (Å²) in [7, 11) is 0. The third-order valence-electron chi connectivity index (χ3n) is 2.88. The van der Waals surface area contributed by atoms with E-state index < -0.39 is 0 Å². The van der Waals surface area contributed by atoms with Crippen LogP contribution in [0.4, 0.5) is 0 Å². The maximum atomic E-state index is 6.16. The zero-order valence-corrected chi connectivity index (χ0v) is 11.7. The normalized spacial score (nSPS) is 12.7.